The Hall–Kier alpha value is -1.86. The number of ether oxygens (including phenoxy) is 1. The second kappa shape index (κ2) is 8.69. The lowest BCUT2D eigenvalue weighted by atomic mass is 10.2. The number of amides is 2. The number of carbonyl (C=O) groups is 1. The summed E-state index contributed by atoms with van der Waals surface area (Å²) in [5.41, 5.74) is 0.933. The zero-order chi connectivity index (χ0) is 16.7. The number of nitrogens with zero attached hydrogens (tertiary/aromatic N) is 2. The number of rotatable bonds is 6. The smallest absolute Gasteiger partial charge is 0.315 e. The van der Waals surface area contributed by atoms with Crippen LogP contribution in [-0.4, -0.2) is 54.6 Å². The molecule has 1 fully saturated rings. The van der Waals surface area contributed by atoms with E-state index in [0.717, 1.165) is 31.1 Å². The van der Waals surface area contributed by atoms with Gasteiger partial charge in [-0.15, -0.1) is 0 Å². The Kier molecular flexibility index (Phi) is 6.61. The van der Waals surface area contributed by atoms with Gasteiger partial charge in [0.05, 0.1) is 25.4 Å². The van der Waals surface area contributed by atoms with Gasteiger partial charge >= 0.3 is 6.03 Å². The van der Waals surface area contributed by atoms with E-state index < -0.39 is 0 Å². The highest BCUT2D eigenvalue weighted by atomic mass is 16.5. The van der Waals surface area contributed by atoms with Gasteiger partial charge in [-0.2, -0.15) is 0 Å². The van der Waals surface area contributed by atoms with Gasteiger partial charge in [-0.25, -0.2) is 9.78 Å². The van der Waals surface area contributed by atoms with Crippen molar-refractivity contribution in [1.82, 2.24) is 15.6 Å². The first-order valence-electron chi connectivity index (χ1n) is 8.09. The maximum absolute atomic E-state index is 11.7. The summed E-state index contributed by atoms with van der Waals surface area (Å²) in [7, 11) is 0. The summed E-state index contributed by atoms with van der Waals surface area (Å²) in [6.45, 7) is 6.72. The number of hydrogen-bond donors (Lipinski definition) is 3. The summed E-state index contributed by atoms with van der Waals surface area (Å²) in [5, 5.41) is 14.5. The fourth-order valence-corrected chi connectivity index (χ4v) is 2.43. The lowest BCUT2D eigenvalue weighted by Gasteiger charge is -2.32. The zero-order valence-electron chi connectivity index (χ0n) is 13.8. The number of aliphatic hydroxyl groups excluding tert-OH is 1. The molecule has 0 bridgehead atoms. The Bertz CT molecular complexity index is 491. The highest BCUT2D eigenvalue weighted by Crippen LogP contribution is 2.15. The number of anilines is 1. The second-order valence-electron chi connectivity index (χ2n) is 5.77. The third kappa shape index (κ3) is 5.37. The van der Waals surface area contributed by atoms with E-state index in [4.69, 9.17) is 9.84 Å². The fourth-order valence-electron chi connectivity index (χ4n) is 2.43. The lowest BCUT2D eigenvalue weighted by molar-refractivity contribution is 0.0529. The van der Waals surface area contributed by atoms with Crippen molar-refractivity contribution in [3.63, 3.8) is 0 Å². The number of morpholine rings is 1. The Balaban J connectivity index is 1.82. The molecule has 1 aromatic heterocycles. The van der Waals surface area contributed by atoms with E-state index in [9.17, 15) is 4.79 Å². The molecular weight excluding hydrogens is 296 g/mol. The van der Waals surface area contributed by atoms with Crippen LogP contribution in [0, 0.1) is 0 Å². The number of aliphatic hydroxyl groups is 1. The summed E-state index contributed by atoms with van der Waals surface area (Å²) in [5.74, 6) is 0.930. The average Bonchev–Trinajstić information content (AvgIpc) is 2.58. The summed E-state index contributed by atoms with van der Waals surface area (Å²) in [6, 6.07) is 3.44. The van der Waals surface area contributed by atoms with Crippen LogP contribution in [0.25, 0.3) is 0 Å². The van der Waals surface area contributed by atoms with Gasteiger partial charge in [0.25, 0.3) is 0 Å². The number of nitrogens with one attached hydrogen (secondary N) is 2. The maximum Gasteiger partial charge on any atom is 0.315 e. The van der Waals surface area contributed by atoms with Crippen molar-refractivity contribution in [3.8, 4) is 0 Å². The van der Waals surface area contributed by atoms with Crippen molar-refractivity contribution < 1.29 is 14.6 Å². The first-order valence-corrected chi connectivity index (χ1v) is 8.09. The van der Waals surface area contributed by atoms with Gasteiger partial charge in [-0.05, 0) is 25.0 Å². The molecule has 2 amide bonds. The van der Waals surface area contributed by atoms with Crippen molar-refractivity contribution >= 4 is 11.8 Å². The summed E-state index contributed by atoms with van der Waals surface area (Å²) in [6.07, 6.45) is 2.69. The molecule has 2 atom stereocenters. The van der Waals surface area contributed by atoms with E-state index in [1.54, 1.807) is 6.20 Å². The minimum atomic E-state index is -0.281. The predicted molar refractivity (Wildman–Crippen MR) is 88.4 cm³/mol. The van der Waals surface area contributed by atoms with Crippen LogP contribution in [0.3, 0.4) is 0 Å². The number of pyridine rings is 1. The van der Waals surface area contributed by atoms with Gasteiger partial charge in [-0.1, -0.05) is 13.0 Å². The number of urea groups is 1. The van der Waals surface area contributed by atoms with Crippen LogP contribution >= 0.6 is 0 Å². The Morgan fingerprint density at radius 2 is 2.39 bits per heavy atom. The molecule has 128 valence electrons. The molecule has 0 saturated carbocycles. The minimum Gasteiger partial charge on any atom is -0.394 e. The van der Waals surface area contributed by atoms with E-state index in [-0.39, 0.29) is 24.8 Å². The molecule has 0 radical (unpaired) electrons. The number of hydrogen-bond acceptors (Lipinski definition) is 5. The molecular formula is C16H26N4O3. The first-order chi connectivity index (χ1) is 11.1. The molecule has 0 aromatic carbocycles. The van der Waals surface area contributed by atoms with E-state index in [2.05, 4.69) is 27.4 Å². The second-order valence-corrected chi connectivity index (χ2v) is 5.77. The molecule has 3 N–H and O–H groups in total. The van der Waals surface area contributed by atoms with Crippen LogP contribution < -0.4 is 15.5 Å². The molecule has 0 spiro atoms. The predicted octanol–water partition coefficient (Wildman–Crippen LogP) is 0.877. The molecule has 23 heavy (non-hydrogen) atoms. The van der Waals surface area contributed by atoms with Crippen molar-refractivity contribution in [3.05, 3.63) is 23.9 Å². The van der Waals surface area contributed by atoms with Crippen LogP contribution in [0.15, 0.2) is 18.3 Å². The van der Waals surface area contributed by atoms with Gasteiger partial charge in [0.2, 0.25) is 0 Å². The van der Waals surface area contributed by atoms with Crippen molar-refractivity contribution in [2.45, 2.75) is 39.0 Å². The standard InChI is InChI=1S/C16H26N4O3/c1-3-14(11-21)19-16(22)18-9-13-4-5-15(17-8-13)20-6-7-23-12(2)10-20/h4-5,8,12,14,21H,3,6-7,9-11H2,1-2H3,(H2,18,19,22). The van der Waals surface area contributed by atoms with Gasteiger partial charge in [0.1, 0.15) is 5.82 Å². The SMILES string of the molecule is CCC(CO)NC(=O)NCc1ccc(N2CCOC(C)C2)nc1. The van der Waals surface area contributed by atoms with Gasteiger partial charge < -0.3 is 25.4 Å². The average molecular weight is 322 g/mol. The third-order valence-electron chi connectivity index (χ3n) is 3.88. The molecule has 1 saturated heterocycles. The summed E-state index contributed by atoms with van der Waals surface area (Å²) >= 11 is 0. The van der Waals surface area contributed by atoms with Gasteiger partial charge in [0, 0.05) is 25.8 Å². The zero-order valence-corrected chi connectivity index (χ0v) is 13.8. The Morgan fingerprint density at radius 3 is 3.00 bits per heavy atom. The topological polar surface area (TPSA) is 86.7 Å². The van der Waals surface area contributed by atoms with Crippen LogP contribution in [0.2, 0.25) is 0 Å². The van der Waals surface area contributed by atoms with Crippen molar-refractivity contribution in [2.75, 3.05) is 31.2 Å². The van der Waals surface area contributed by atoms with Crippen molar-refractivity contribution in [1.29, 1.82) is 0 Å². The Labute approximate surface area is 137 Å². The summed E-state index contributed by atoms with van der Waals surface area (Å²) < 4.78 is 5.53. The molecule has 2 rings (SSSR count). The van der Waals surface area contributed by atoms with E-state index >= 15 is 0 Å². The molecule has 2 heterocycles. The molecule has 1 aromatic rings. The minimum absolute atomic E-state index is 0.0574. The molecule has 1 aliphatic heterocycles. The quantitative estimate of drug-likeness (QED) is 0.724. The largest absolute Gasteiger partial charge is 0.394 e. The van der Waals surface area contributed by atoms with Gasteiger partial charge in [-0.3, -0.25) is 0 Å². The number of aromatic nitrogens is 1. The molecule has 1 aliphatic rings. The molecule has 2 unspecified atom stereocenters. The molecule has 7 nitrogen and oxygen atoms in total. The molecule has 7 heteroatoms. The van der Waals surface area contributed by atoms with Crippen LogP contribution in [0.1, 0.15) is 25.8 Å². The Morgan fingerprint density at radius 1 is 1.57 bits per heavy atom. The van der Waals surface area contributed by atoms with E-state index in [1.807, 2.05) is 19.1 Å². The fraction of sp³-hybridized carbons (Fsp3) is 0.625. The van der Waals surface area contributed by atoms with Crippen LogP contribution in [-0.2, 0) is 11.3 Å². The highest BCUT2D eigenvalue weighted by Gasteiger charge is 2.17. The maximum atomic E-state index is 11.7. The first kappa shape index (κ1) is 17.5. The van der Waals surface area contributed by atoms with E-state index in [1.165, 1.54) is 0 Å². The highest BCUT2D eigenvalue weighted by molar-refractivity contribution is 5.74. The summed E-state index contributed by atoms with van der Waals surface area (Å²) in [4.78, 5) is 18.4. The third-order valence-corrected chi connectivity index (χ3v) is 3.88. The monoisotopic (exact) mass is 322 g/mol. The normalized spacial score (nSPS) is 19.3. The number of carbonyl (C=O) groups excluding carboxylic acids is 1. The van der Waals surface area contributed by atoms with Gasteiger partial charge in [0.15, 0.2) is 0 Å². The van der Waals surface area contributed by atoms with Crippen LogP contribution in [0.5, 0.6) is 0 Å². The lowest BCUT2D eigenvalue weighted by Crippen LogP contribution is -2.43. The van der Waals surface area contributed by atoms with Crippen LogP contribution in [0.4, 0.5) is 10.6 Å². The van der Waals surface area contributed by atoms with Crippen molar-refractivity contribution in [2.24, 2.45) is 0 Å². The molecule has 0 aliphatic carbocycles. The van der Waals surface area contributed by atoms with E-state index in [0.29, 0.717) is 13.0 Å².